The van der Waals surface area contributed by atoms with E-state index in [1.807, 2.05) is 36.1 Å². The van der Waals surface area contributed by atoms with E-state index in [4.69, 9.17) is 4.74 Å². The molecule has 1 aliphatic carbocycles. The Balaban J connectivity index is 1.62. The van der Waals surface area contributed by atoms with Crippen LogP contribution in [0.4, 0.5) is 0 Å². The van der Waals surface area contributed by atoms with Crippen molar-refractivity contribution in [3.05, 3.63) is 53.3 Å². The SMILES string of the molecule is Cn1ncc2c1CCCC2NC(=O)C1(c2ccccc2)CCOCC1. The highest BCUT2D eigenvalue weighted by Crippen LogP contribution is 2.37. The van der Waals surface area contributed by atoms with E-state index < -0.39 is 5.41 Å². The third-order valence-electron chi connectivity index (χ3n) is 5.79. The van der Waals surface area contributed by atoms with Gasteiger partial charge in [0.05, 0.1) is 17.7 Å². The van der Waals surface area contributed by atoms with Gasteiger partial charge in [0, 0.05) is 31.5 Å². The average molecular weight is 339 g/mol. The van der Waals surface area contributed by atoms with E-state index in [-0.39, 0.29) is 11.9 Å². The zero-order valence-corrected chi connectivity index (χ0v) is 14.7. The first kappa shape index (κ1) is 16.3. The van der Waals surface area contributed by atoms with Gasteiger partial charge in [-0.2, -0.15) is 5.10 Å². The number of rotatable bonds is 3. The van der Waals surface area contributed by atoms with Crippen molar-refractivity contribution in [2.75, 3.05) is 13.2 Å². The molecule has 1 aromatic carbocycles. The molecule has 5 heteroatoms. The number of carbonyl (C=O) groups is 1. The van der Waals surface area contributed by atoms with Gasteiger partial charge < -0.3 is 10.1 Å². The minimum Gasteiger partial charge on any atom is -0.381 e. The summed E-state index contributed by atoms with van der Waals surface area (Å²) in [5, 5.41) is 7.74. The zero-order chi connectivity index (χ0) is 17.3. The van der Waals surface area contributed by atoms with Gasteiger partial charge >= 0.3 is 0 Å². The lowest BCUT2D eigenvalue weighted by Gasteiger charge is -2.38. The summed E-state index contributed by atoms with van der Waals surface area (Å²) < 4.78 is 7.49. The highest BCUT2D eigenvalue weighted by atomic mass is 16.5. The van der Waals surface area contributed by atoms with Crippen LogP contribution in [0.1, 0.15) is 48.5 Å². The van der Waals surface area contributed by atoms with Gasteiger partial charge in [-0.05, 0) is 37.7 Å². The number of benzene rings is 1. The number of carbonyl (C=O) groups excluding carboxylic acids is 1. The highest BCUT2D eigenvalue weighted by Gasteiger charge is 2.42. The van der Waals surface area contributed by atoms with Gasteiger partial charge in [-0.15, -0.1) is 0 Å². The molecule has 1 fully saturated rings. The molecule has 1 unspecified atom stereocenters. The van der Waals surface area contributed by atoms with E-state index in [0.717, 1.165) is 37.7 Å². The zero-order valence-electron chi connectivity index (χ0n) is 14.7. The fraction of sp³-hybridized carbons (Fsp3) is 0.500. The number of aromatic nitrogens is 2. The second kappa shape index (κ2) is 6.64. The van der Waals surface area contributed by atoms with Crippen molar-refractivity contribution in [2.45, 2.75) is 43.6 Å². The summed E-state index contributed by atoms with van der Waals surface area (Å²) in [6.45, 7) is 1.26. The molecule has 1 N–H and O–H groups in total. The number of amides is 1. The molecule has 1 saturated heterocycles. The second-order valence-corrected chi connectivity index (χ2v) is 7.15. The number of nitrogens with one attached hydrogen (secondary N) is 1. The van der Waals surface area contributed by atoms with E-state index in [0.29, 0.717) is 13.2 Å². The Labute approximate surface area is 148 Å². The lowest BCUT2D eigenvalue weighted by Crippen LogP contribution is -2.49. The molecule has 1 amide bonds. The van der Waals surface area contributed by atoms with E-state index in [9.17, 15) is 4.79 Å². The minimum atomic E-state index is -0.487. The molecule has 0 saturated carbocycles. The van der Waals surface area contributed by atoms with Crippen LogP contribution in [0.15, 0.2) is 36.5 Å². The lowest BCUT2D eigenvalue weighted by molar-refractivity contribution is -0.131. The molecule has 1 aliphatic heterocycles. The summed E-state index contributed by atoms with van der Waals surface area (Å²) in [6, 6.07) is 10.2. The Morgan fingerprint density at radius 3 is 2.80 bits per heavy atom. The molecule has 1 atom stereocenters. The number of hydrogen-bond donors (Lipinski definition) is 1. The monoisotopic (exact) mass is 339 g/mol. The van der Waals surface area contributed by atoms with Crippen molar-refractivity contribution in [1.29, 1.82) is 0 Å². The van der Waals surface area contributed by atoms with Crippen LogP contribution in [0.3, 0.4) is 0 Å². The number of fused-ring (bicyclic) bond motifs is 1. The van der Waals surface area contributed by atoms with Crippen molar-refractivity contribution in [3.63, 3.8) is 0 Å². The van der Waals surface area contributed by atoms with Gasteiger partial charge in [-0.1, -0.05) is 30.3 Å². The molecule has 0 radical (unpaired) electrons. The van der Waals surface area contributed by atoms with Crippen LogP contribution in [0.25, 0.3) is 0 Å². The van der Waals surface area contributed by atoms with Crippen molar-refractivity contribution in [2.24, 2.45) is 7.05 Å². The normalized spacial score (nSPS) is 22.2. The molecule has 5 nitrogen and oxygen atoms in total. The maximum atomic E-state index is 13.4. The smallest absolute Gasteiger partial charge is 0.231 e. The van der Waals surface area contributed by atoms with Crippen LogP contribution >= 0.6 is 0 Å². The summed E-state index contributed by atoms with van der Waals surface area (Å²) in [5.41, 5.74) is 3.03. The summed E-state index contributed by atoms with van der Waals surface area (Å²) in [5.74, 6) is 0.128. The lowest BCUT2D eigenvalue weighted by atomic mass is 9.73. The largest absolute Gasteiger partial charge is 0.381 e. The Morgan fingerprint density at radius 1 is 1.28 bits per heavy atom. The maximum absolute atomic E-state index is 13.4. The van der Waals surface area contributed by atoms with Crippen LogP contribution < -0.4 is 5.32 Å². The molecule has 2 heterocycles. The second-order valence-electron chi connectivity index (χ2n) is 7.15. The Hall–Kier alpha value is -2.14. The molecular formula is C20H25N3O2. The maximum Gasteiger partial charge on any atom is 0.231 e. The van der Waals surface area contributed by atoms with Crippen molar-refractivity contribution in [1.82, 2.24) is 15.1 Å². The summed E-state index contributed by atoms with van der Waals surface area (Å²) in [4.78, 5) is 13.4. The van der Waals surface area contributed by atoms with Crippen molar-refractivity contribution in [3.8, 4) is 0 Å². The van der Waals surface area contributed by atoms with Crippen LogP contribution in [-0.4, -0.2) is 28.9 Å². The van der Waals surface area contributed by atoms with Gasteiger partial charge in [0.15, 0.2) is 0 Å². The number of hydrogen-bond acceptors (Lipinski definition) is 3. The fourth-order valence-corrected chi connectivity index (χ4v) is 4.28. The Kier molecular flexibility index (Phi) is 4.34. The first-order valence-electron chi connectivity index (χ1n) is 9.16. The van der Waals surface area contributed by atoms with Gasteiger partial charge in [0.2, 0.25) is 5.91 Å². The summed E-state index contributed by atoms with van der Waals surface area (Å²) >= 11 is 0. The summed E-state index contributed by atoms with van der Waals surface area (Å²) in [7, 11) is 1.98. The molecule has 132 valence electrons. The third kappa shape index (κ3) is 2.86. The molecular weight excluding hydrogens is 314 g/mol. The van der Waals surface area contributed by atoms with E-state index >= 15 is 0 Å². The van der Waals surface area contributed by atoms with Gasteiger partial charge in [-0.25, -0.2) is 0 Å². The number of nitrogens with zero attached hydrogens (tertiary/aromatic N) is 2. The topological polar surface area (TPSA) is 56.2 Å². The van der Waals surface area contributed by atoms with Crippen LogP contribution in [0, 0.1) is 0 Å². The van der Waals surface area contributed by atoms with Crippen LogP contribution in [-0.2, 0) is 28.4 Å². The van der Waals surface area contributed by atoms with Crippen molar-refractivity contribution >= 4 is 5.91 Å². The van der Waals surface area contributed by atoms with E-state index in [1.54, 1.807) is 0 Å². The first-order chi connectivity index (χ1) is 12.2. The minimum absolute atomic E-state index is 0.0633. The van der Waals surface area contributed by atoms with Gasteiger partial charge in [0.1, 0.15) is 0 Å². The molecule has 25 heavy (non-hydrogen) atoms. The predicted octanol–water partition coefficient (Wildman–Crippen LogP) is 2.66. The molecule has 2 aromatic rings. The Bertz CT molecular complexity index is 748. The number of aryl methyl sites for hydroxylation is 1. The third-order valence-corrected chi connectivity index (χ3v) is 5.79. The molecule has 0 bridgehead atoms. The molecule has 1 aromatic heterocycles. The average Bonchev–Trinajstić information content (AvgIpc) is 3.05. The van der Waals surface area contributed by atoms with Gasteiger partial charge in [-0.3, -0.25) is 9.48 Å². The van der Waals surface area contributed by atoms with Crippen LogP contribution in [0.2, 0.25) is 0 Å². The standard InChI is InChI=1S/C20H25N3O2/c1-23-18-9-5-8-17(16(18)14-21-23)22-19(24)20(10-12-25-13-11-20)15-6-3-2-4-7-15/h2-4,6-7,14,17H,5,8-13H2,1H3,(H,22,24). The quantitative estimate of drug-likeness (QED) is 0.935. The predicted molar refractivity (Wildman–Crippen MR) is 95.2 cm³/mol. The van der Waals surface area contributed by atoms with Gasteiger partial charge in [0.25, 0.3) is 0 Å². The van der Waals surface area contributed by atoms with E-state index in [1.165, 1.54) is 11.3 Å². The fourth-order valence-electron chi connectivity index (χ4n) is 4.28. The van der Waals surface area contributed by atoms with E-state index in [2.05, 4.69) is 22.5 Å². The van der Waals surface area contributed by atoms with Crippen LogP contribution in [0.5, 0.6) is 0 Å². The highest BCUT2D eigenvalue weighted by molar-refractivity contribution is 5.88. The summed E-state index contributed by atoms with van der Waals surface area (Å²) in [6.07, 6.45) is 6.48. The van der Waals surface area contributed by atoms with Crippen molar-refractivity contribution < 1.29 is 9.53 Å². The first-order valence-corrected chi connectivity index (χ1v) is 9.16. The number of ether oxygens (including phenoxy) is 1. The molecule has 4 rings (SSSR count). The Morgan fingerprint density at radius 2 is 2.04 bits per heavy atom. The molecule has 2 aliphatic rings. The molecule has 0 spiro atoms.